The number of anilines is 1. The molecule has 110 valence electrons. The topological polar surface area (TPSA) is 33.5 Å². The summed E-state index contributed by atoms with van der Waals surface area (Å²) in [6, 6.07) is 16.1. The highest BCUT2D eigenvalue weighted by Crippen LogP contribution is 2.16. The van der Waals surface area contributed by atoms with Crippen LogP contribution in [-0.4, -0.2) is 19.5 Å². The molecule has 0 saturated carbocycles. The average molecular weight is 395 g/mol. The number of quaternary nitrogens is 1. The van der Waals surface area contributed by atoms with Gasteiger partial charge in [0.25, 0.3) is 5.91 Å². The molecule has 0 spiro atoms. The highest BCUT2D eigenvalue weighted by Gasteiger charge is 2.12. The Hall–Kier alpha value is -1.40. The lowest BCUT2D eigenvalue weighted by Gasteiger charge is -2.15. The lowest BCUT2D eigenvalue weighted by Crippen LogP contribution is -3.08. The van der Waals surface area contributed by atoms with Crippen LogP contribution in [0.25, 0.3) is 0 Å². The SMILES string of the molecule is Cc1ccccc1C[NH+](C)CC(=O)Nc1ccccc1I. The number of carbonyl (C=O) groups is 1. The molecule has 2 aromatic carbocycles. The first-order valence-electron chi connectivity index (χ1n) is 6.96. The van der Waals surface area contributed by atoms with Crippen LogP contribution in [0, 0.1) is 10.5 Å². The van der Waals surface area contributed by atoms with Gasteiger partial charge in [0.1, 0.15) is 6.54 Å². The van der Waals surface area contributed by atoms with Crippen molar-refractivity contribution in [1.29, 1.82) is 0 Å². The first kappa shape index (κ1) is 16.0. The minimum Gasteiger partial charge on any atom is -0.326 e. The van der Waals surface area contributed by atoms with E-state index in [1.165, 1.54) is 16.0 Å². The summed E-state index contributed by atoms with van der Waals surface area (Å²) < 4.78 is 1.06. The maximum absolute atomic E-state index is 12.1. The second-order valence-corrected chi connectivity index (χ2v) is 6.43. The van der Waals surface area contributed by atoms with Gasteiger partial charge in [-0.1, -0.05) is 36.4 Å². The molecule has 21 heavy (non-hydrogen) atoms. The number of nitrogens with one attached hydrogen (secondary N) is 2. The van der Waals surface area contributed by atoms with E-state index in [0.717, 1.165) is 15.8 Å². The third-order valence-electron chi connectivity index (χ3n) is 3.36. The summed E-state index contributed by atoms with van der Waals surface area (Å²) in [4.78, 5) is 13.3. The first-order chi connectivity index (χ1) is 10.1. The number of hydrogen-bond donors (Lipinski definition) is 2. The molecule has 0 aromatic heterocycles. The molecular formula is C17H20IN2O+. The fourth-order valence-electron chi connectivity index (χ4n) is 2.23. The van der Waals surface area contributed by atoms with Gasteiger partial charge in [-0.25, -0.2) is 0 Å². The average Bonchev–Trinajstić information content (AvgIpc) is 2.44. The molecule has 2 N–H and O–H groups in total. The standard InChI is InChI=1S/C17H19IN2O/c1-13-7-3-4-8-14(13)11-20(2)12-17(21)19-16-10-6-5-9-15(16)18/h3-10H,11-12H2,1-2H3,(H,19,21)/p+1. The molecule has 0 radical (unpaired) electrons. The van der Waals surface area contributed by atoms with Gasteiger partial charge in [0.05, 0.1) is 12.7 Å². The van der Waals surface area contributed by atoms with Gasteiger partial charge >= 0.3 is 0 Å². The molecule has 1 amide bonds. The Labute approximate surface area is 139 Å². The molecule has 0 aliphatic rings. The molecule has 0 aliphatic heterocycles. The number of halogens is 1. The van der Waals surface area contributed by atoms with E-state index in [4.69, 9.17) is 0 Å². The molecule has 0 aliphatic carbocycles. The fourth-order valence-corrected chi connectivity index (χ4v) is 2.75. The number of rotatable bonds is 5. The van der Waals surface area contributed by atoms with E-state index in [2.05, 4.69) is 47.0 Å². The van der Waals surface area contributed by atoms with Crippen LogP contribution in [0.3, 0.4) is 0 Å². The van der Waals surface area contributed by atoms with Crippen LogP contribution in [0.2, 0.25) is 0 Å². The molecule has 0 fully saturated rings. The van der Waals surface area contributed by atoms with Crippen LogP contribution in [0.1, 0.15) is 11.1 Å². The summed E-state index contributed by atoms with van der Waals surface area (Å²) in [5, 5.41) is 2.97. The summed E-state index contributed by atoms with van der Waals surface area (Å²) in [6.07, 6.45) is 0. The van der Waals surface area contributed by atoms with E-state index in [-0.39, 0.29) is 5.91 Å². The van der Waals surface area contributed by atoms with Gasteiger partial charge in [-0.3, -0.25) is 4.79 Å². The number of hydrogen-bond acceptors (Lipinski definition) is 1. The van der Waals surface area contributed by atoms with Crippen LogP contribution in [-0.2, 0) is 11.3 Å². The maximum atomic E-state index is 12.1. The van der Waals surface area contributed by atoms with Crippen LogP contribution in [0.5, 0.6) is 0 Å². The smallest absolute Gasteiger partial charge is 0.279 e. The minimum absolute atomic E-state index is 0.0465. The lowest BCUT2D eigenvalue weighted by atomic mass is 10.1. The molecule has 2 rings (SSSR count). The van der Waals surface area contributed by atoms with Crippen molar-refractivity contribution in [2.45, 2.75) is 13.5 Å². The maximum Gasteiger partial charge on any atom is 0.279 e. The molecule has 0 saturated heterocycles. The van der Waals surface area contributed by atoms with Crippen LogP contribution in [0.15, 0.2) is 48.5 Å². The molecule has 1 unspecified atom stereocenters. The minimum atomic E-state index is 0.0465. The number of aryl methyl sites for hydroxylation is 1. The molecule has 3 nitrogen and oxygen atoms in total. The zero-order valence-corrected chi connectivity index (χ0v) is 14.5. The first-order valence-corrected chi connectivity index (χ1v) is 8.04. The van der Waals surface area contributed by atoms with Crippen molar-refractivity contribution in [2.24, 2.45) is 0 Å². The Morgan fingerprint density at radius 3 is 2.52 bits per heavy atom. The quantitative estimate of drug-likeness (QED) is 0.749. The Kier molecular flexibility index (Phi) is 5.76. The van der Waals surface area contributed by atoms with Crippen LogP contribution >= 0.6 is 22.6 Å². The summed E-state index contributed by atoms with van der Waals surface area (Å²) in [5.74, 6) is 0.0465. The van der Waals surface area contributed by atoms with Gasteiger partial charge < -0.3 is 10.2 Å². The van der Waals surface area contributed by atoms with Gasteiger partial charge in [-0.05, 0) is 47.2 Å². The van der Waals surface area contributed by atoms with Crippen molar-refractivity contribution in [3.05, 3.63) is 63.2 Å². The molecule has 4 heteroatoms. The monoisotopic (exact) mass is 395 g/mol. The number of amides is 1. The zero-order valence-electron chi connectivity index (χ0n) is 12.3. The number of carbonyl (C=O) groups excluding carboxylic acids is 1. The van der Waals surface area contributed by atoms with E-state index in [1.807, 2.05) is 43.4 Å². The van der Waals surface area contributed by atoms with Crippen molar-refractivity contribution in [1.82, 2.24) is 0 Å². The predicted molar refractivity (Wildman–Crippen MR) is 94.4 cm³/mol. The third-order valence-corrected chi connectivity index (χ3v) is 4.30. The number of benzene rings is 2. The summed E-state index contributed by atoms with van der Waals surface area (Å²) in [7, 11) is 2.04. The Balaban J connectivity index is 1.91. The number of likely N-dealkylation sites (N-methyl/N-ethyl adjacent to an activating group) is 1. The lowest BCUT2D eigenvalue weighted by molar-refractivity contribution is -0.885. The van der Waals surface area contributed by atoms with E-state index < -0.39 is 0 Å². The van der Waals surface area contributed by atoms with Crippen molar-refractivity contribution in [2.75, 3.05) is 18.9 Å². The number of para-hydroxylation sites is 1. The molecule has 1 atom stereocenters. The van der Waals surface area contributed by atoms with E-state index in [0.29, 0.717) is 6.54 Å². The molecular weight excluding hydrogens is 375 g/mol. The van der Waals surface area contributed by atoms with E-state index in [9.17, 15) is 4.79 Å². The normalized spacial score (nSPS) is 12.0. The fraction of sp³-hybridized carbons (Fsp3) is 0.235. The van der Waals surface area contributed by atoms with Crippen LogP contribution in [0.4, 0.5) is 5.69 Å². The van der Waals surface area contributed by atoms with Gasteiger partial charge in [0.2, 0.25) is 0 Å². The van der Waals surface area contributed by atoms with E-state index in [1.54, 1.807) is 0 Å². The van der Waals surface area contributed by atoms with Gasteiger partial charge in [0, 0.05) is 9.13 Å². The Morgan fingerprint density at radius 1 is 1.14 bits per heavy atom. The second kappa shape index (κ2) is 7.56. The van der Waals surface area contributed by atoms with Gasteiger partial charge in [-0.15, -0.1) is 0 Å². The molecule has 2 aromatic rings. The molecule has 0 heterocycles. The van der Waals surface area contributed by atoms with Gasteiger partial charge in [-0.2, -0.15) is 0 Å². The summed E-state index contributed by atoms with van der Waals surface area (Å²) in [5.41, 5.74) is 3.44. The highest BCUT2D eigenvalue weighted by atomic mass is 127. The largest absolute Gasteiger partial charge is 0.326 e. The highest BCUT2D eigenvalue weighted by molar-refractivity contribution is 14.1. The van der Waals surface area contributed by atoms with Crippen molar-refractivity contribution in [3.8, 4) is 0 Å². The Morgan fingerprint density at radius 2 is 1.81 bits per heavy atom. The Bertz CT molecular complexity index is 628. The molecule has 0 bridgehead atoms. The van der Waals surface area contributed by atoms with Gasteiger partial charge in [0.15, 0.2) is 6.54 Å². The van der Waals surface area contributed by atoms with Crippen molar-refractivity contribution < 1.29 is 9.69 Å². The second-order valence-electron chi connectivity index (χ2n) is 5.27. The summed E-state index contributed by atoms with van der Waals surface area (Å²) in [6.45, 7) is 3.42. The third kappa shape index (κ3) is 4.82. The zero-order chi connectivity index (χ0) is 15.2. The predicted octanol–water partition coefficient (Wildman–Crippen LogP) is 2.25. The summed E-state index contributed by atoms with van der Waals surface area (Å²) >= 11 is 2.23. The van der Waals surface area contributed by atoms with E-state index >= 15 is 0 Å². The van der Waals surface area contributed by atoms with Crippen molar-refractivity contribution in [3.63, 3.8) is 0 Å². The van der Waals surface area contributed by atoms with Crippen LogP contribution < -0.4 is 10.2 Å². The van der Waals surface area contributed by atoms with Crippen molar-refractivity contribution >= 4 is 34.2 Å².